The number of carbonyl (C=O) groups excluding carboxylic acids is 2. The summed E-state index contributed by atoms with van der Waals surface area (Å²) in [4.78, 5) is 28.6. The van der Waals surface area contributed by atoms with Gasteiger partial charge in [-0.2, -0.15) is 5.10 Å². The van der Waals surface area contributed by atoms with Gasteiger partial charge in [-0.1, -0.05) is 59.6 Å². The zero-order chi connectivity index (χ0) is 23.8. The van der Waals surface area contributed by atoms with E-state index >= 15 is 0 Å². The van der Waals surface area contributed by atoms with Gasteiger partial charge in [0.15, 0.2) is 0 Å². The molecule has 4 heterocycles. The molecule has 0 aliphatic carbocycles. The van der Waals surface area contributed by atoms with Crippen LogP contribution in [0.4, 0.5) is 11.4 Å². The summed E-state index contributed by atoms with van der Waals surface area (Å²) in [6, 6.07) is 24.0. The number of amides is 2. The van der Waals surface area contributed by atoms with E-state index < -0.39 is 24.0 Å². The zero-order valence-corrected chi connectivity index (χ0v) is 19.8. The summed E-state index contributed by atoms with van der Waals surface area (Å²) >= 11 is 12.6. The summed E-state index contributed by atoms with van der Waals surface area (Å²) in [7, 11) is 0. The van der Waals surface area contributed by atoms with E-state index in [1.165, 1.54) is 4.90 Å². The van der Waals surface area contributed by atoms with Crippen molar-refractivity contribution in [1.82, 2.24) is 0 Å². The van der Waals surface area contributed by atoms with E-state index in [1.54, 1.807) is 24.3 Å². The number of hydrogen-bond donors (Lipinski definition) is 0. The molecule has 6 nitrogen and oxygen atoms in total. The molecule has 0 radical (unpaired) electrons. The molecule has 174 valence electrons. The molecule has 0 spiro atoms. The van der Waals surface area contributed by atoms with E-state index in [9.17, 15) is 9.59 Å². The van der Waals surface area contributed by atoms with Gasteiger partial charge in [-0.25, -0.2) is 4.90 Å². The molecule has 6 unspecified atom stereocenters. The quantitative estimate of drug-likeness (QED) is 0.482. The molecule has 0 aromatic heterocycles. The van der Waals surface area contributed by atoms with Crippen LogP contribution in [-0.4, -0.2) is 35.8 Å². The van der Waals surface area contributed by atoms with Crippen molar-refractivity contribution in [3.05, 3.63) is 94.5 Å². The summed E-state index contributed by atoms with van der Waals surface area (Å²) in [6.45, 7) is 0. The van der Waals surface area contributed by atoms with E-state index in [-0.39, 0.29) is 23.8 Å². The first-order chi connectivity index (χ1) is 17.0. The molecule has 7 rings (SSSR count). The predicted molar refractivity (Wildman–Crippen MR) is 134 cm³/mol. The number of carbonyl (C=O) groups is 2. The average molecular weight is 504 g/mol. The number of ether oxygens (including phenoxy) is 1. The van der Waals surface area contributed by atoms with Crippen molar-refractivity contribution >= 4 is 52.1 Å². The van der Waals surface area contributed by atoms with Gasteiger partial charge in [-0.05, 0) is 42.5 Å². The third-order valence-electron chi connectivity index (χ3n) is 7.55. The van der Waals surface area contributed by atoms with Crippen LogP contribution in [0.15, 0.2) is 84.0 Å². The first-order valence-corrected chi connectivity index (χ1v) is 12.3. The molecule has 3 aromatic rings. The number of hydrogen-bond acceptors (Lipinski definition) is 5. The SMILES string of the molecule is O=C1C2C3OC(C2C(=O)N1c1ccc(Cl)cc1)C1C3C(c2ccccc2Cl)=NN1c1ccccc1. The maximum absolute atomic E-state index is 13.6. The van der Waals surface area contributed by atoms with Gasteiger partial charge in [-0.3, -0.25) is 14.6 Å². The number of fused-ring (bicyclic) bond motifs is 8. The fraction of sp³-hybridized carbons (Fsp3) is 0.222. The van der Waals surface area contributed by atoms with Crippen molar-refractivity contribution in [3.8, 4) is 0 Å². The molecular weight excluding hydrogens is 485 g/mol. The van der Waals surface area contributed by atoms with Crippen molar-refractivity contribution in [1.29, 1.82) is 0 Å². The maximum Gasteiger partial charge on any atom is 0.240 e. The molecule has 2 bridgehead atoms. The Morgan fingerprint density at radius 2 is 1.37 bits per heavy atom. The number of para-hydroxylation sites is 1. The van der Waals surface area contributed by atoms with Gasteiger partial charge >= 0.3 is 0 Å². The smallest absolute Gasteiger partial charge is 0.240 e. The highest BCUT2D eigenvalue weighted by Gasteiger charge is 2.72. The van der Waals surface area contributed by atoms with E-state index in [0.717, 1.165) is 17.0 Å². The van der Waals surface area contributed by atoms with Crippen molar-refractivity contribution in [2.45, 2.75) is 18.2 Å². The standard InChI is InChI=1S/C27H19Cl2N3O3/c28-14-10-12-15(13-11-14)31-26(33)19-20(27(31)34)25-23-21(24(19)35-25)22(17-8-4-5-9-18(17)29)30-32(23)16-6-2-1-3-7-16/h1-13,19-21,23-25H. The minimum Gasteiger partial charge on any atom is -0.370 e. The summed E-state index contributed by atoms with van der Waals surface area (Å²) in [5.41, 5.74) is 3.05. The summed E-state index contributed by atoms with van der Waals surface area (Å²) in [5, 5.41) is 8.10. The molecule has 3 saturated heterocycles. The Morgan fingerprint density at radius 1 is 0.714 bits per heavy atom. The lowest BCUT2D eigenvalue weighted by Crippen LogP contribution is -2.50. The molecule has 3 fully saturated rings. The number of hydrazone groups is 1. The van der Waals surface area contributed by atoms with Crippen molar-refractivity contribution in [2.24, 2.45) is 22.9 Å². The number of anilines is 2. The van der Waals surface area contributed by atoms with Gasteiger partial charge < -0.3 is 4.74 Å². The van der Waals surface area contributed by atoms with Gasteiger partial charge in [-0.15, -0.1) is 0 Å². The third kappa shape index (κ3) is 2.91. The number of nitrogens with zero attached hydrogens (tertiary/aromatic N) is 3. The van der Waals surface area contributed by atoms with Crippen LogP contribution in [0, 0.1) is 17.8 Å². The normalized spacial score (nSPS) is 30.6. The predicted octanol–water partition coefficient (Wildman–Crippen LogP) is 4.79. The highest BCUT2D eigenvalue weighted by atomic mass is 35.5. The second kappa shape index (κ2) is 7.65. The molecule has 4 aliphatic rings. The summed E-state index contributed by atoms with van der Waals surface area (Å²) in [6.07, 6.45) is -0.930. The van der Waals surface area contributed by atoms with Gasteiger partial charge in [0, 0.05) is 15.6 Å². The van der Waals surface area contributed by atoms with Crippen LogP contribution in [-0.2, 0) is 14.3 Å². The Morgan fingerprint density at radius 3 is 2.09 bits per heavy atom. The fourth-order valence-corrected chi connectivity index (χ4v) is 6.53. The third-order valence-corrected chi connectivity index (χ3v) is 8.13. The van der Waals surface area contributed by atoms with Crippen LogP contribution in [0.2, 0.25) is 10.0 Å². The Kier molecular flexibility index (Phi) is 4.62. The molecule has 3 aromatic carbocycles. The highest BCUT2D eigenvalue weighted by molar-refractivity contribution is 6.34. The zero-order valence-electron chi connectivity index (χ0n) is 18.3. The highest BCUT2D eigenvalue weighted by Crippen LogP contribution is 2.56. The average Bonchev–Trinajstić information content (AvgIpc) is 3.60. The van der Waals surface area contributed by atoms with E-state index in [2.05, 4.69) is 0 Å². The van der Waals surface area contributed by atoms with E-state index in [4.69, 9.17) is 33.0 Å². The van der Waals surface area contributed by atoms with Crippen molar-refractivity contribution < 1.29 is 14.3 Å². The van der Waals surface area contributed by atoms with Gasteiger partial charge in [0.2, 0.25) is 11.8 Å². The Balaban J connectivity index is 1.33. The lowest BCUT2D eigenvalue weighted by Gasteiger charge is -2.32. The Labute approximate surface area is 211 Å². The molecule has 35 heavy (non-hydrogen) atoms. The molecule has 4 aliphatic heterocycles. The number of benzene rings is 3. The van der Waals surface area contributed by atoms with Gasteiger partial charge in [0.25, 0.3) is 0 Å². The Hall–Kier alpha value is -3.19. The molecule has 0 N–H and O–H groups in total. The summed E-state index contributed by atoms with van der Waals surface area (Å²) in [5.74, 6) is -1.77. The number of halogens is 2. The number of imide groups is 1. The first-order valence-electron chi connectivity index (χ1n) is 11.5. The fourth-order valence-electron chi connectivity index (χ4n) is 6.17. The second-order valence-corrected chi connectivity index (χ2v) is 10.1. The monoisotopic (exact) mass is 503 g/mol. The minimum atomic E-state index is -0.562. The van der Waals surface area contributed by atoms with Crippen LogP contribution >= 0.6 is 23.2 Å². The molecule has 6 atom stereocenters. The minimum absolute atomic E-state index is 0.191. The van der Waals surface area contributed by atoms with Crippen molar-refractivity contribution in [2.75, 3.05) is 9.91 Å². The summed E-state index contributed by atoms with van der Waals surface area (Å²) < 4.78 is 6.44. The van der Waals surface area contributed by atoms with Crippen molar-refractivity contribution in [3.63, 3.8) is 0 Å². The van der Waals surface area contributed by atoms with Crippen LogP contribution < -0.4 is 9.91 Å². The van der Waals surface area contributed by atoms with Gasteiger partial charge in [0.1, 0.15) is 0 Å². The topological polar surface area (TPSA) is 62.2 Å². The molecular formula is C27H19Cl2N3O3. The largest absolute Gasteiger partial charge is 0.370 e. The first kappa shape index (κ1) is 21.1. The van der Waals surface area contributed by atoms with Crippen LogP contribution in [0.25, 0.3) is 0 Å². The number of rotatable bonds is 3. The molecule has 8 heteroatoms. The Bertz CT molecular complexity index is 1390. The molecule has 0 saturated carbocycles. The van der Waals surface area contributed by atoms with E-state index in [1.807, 2.05) is 59.6 Å². The van der Waals surface area contributed by atoms with Gasteiger partial charge in [0.05, 0.1) is 53.1 Å². The second-order valence-electron chi connectivity index (χ2n) is 9.27. The lowest BCUT2D eigenvalue weighted by molar-refractivity contribution is -0.125. The lowest BCUT2D eigenvalue weighted by atomic mass is 9.70. The molecule has 2 amide bonds. The van der Waals surface area contributed by atoms with E-state index in [0.29, 0.717) is 15.7 Å². The maximum atomic E-state index is 13.6. The van der Waals surface area contributed by atoms with Crippen LogP contribution in [0.5, 0.6) is 0 Å². The van der Waals surface area contributed by atoms with Crippen LogP contribution in [0.3, 0.4) is 0 Å². The van der Waals surface area contributed by atoms with Crippen LogP contribution in [0.1, 0.15) is 5.56 Å².